The second-order valence-electron chi connectivity index (χ2n) is 7.86. The van der Waals surface area contributed by atoms with Gasteiger partial charge in [0.05, 0.1) is 17.9 Å². The minimum atomic E-state index is 0.0789. The second-order valence-corrected chi connectivity index (χ2v) is 7.86. The highest BCUT2D eigenvalue weighted by atomic mass is 16.3. The molecule has 5 heteroatoms. The number of pyridine rings is 1. The summed E-state index contributed by atoms with van der Waals surface area (Å²) in [5.41, 5.74) is 4.08. The molecule has 0 unspecified atom stereocenters. The summed E-state index contributed by atoms with van der Waals surface area (Å²) in [4.78, 5) is 15.0. The fraction of sp³-hybridized carbons (Fsp3) is 0.304. The van der Waals surface area contributed by atoms with Gasteiger partial charge < -0.3 is 8.98 Å². The van der Waals surface area contributed by atoms with Gasteiger partial charge in [0.25, 0.3) is 5.56 Å². The van der Waals surface area contributed by atoms with Gasteiger partial charge in [0.1, 0.15) is 5.76 Å². The third-order valence-corrected chi connectivity index (χ3v) is 5.91. The van der Waals surface area contributed by atoms with E-state index in [1.54, 1.807) is 12.3 Å². The quantitative estimate of drug-likeness (QED) is 0.706. The number of hydrogen-bond acceptors (Lipinski definition) is 4. The van der Waals surface area contributed by atoms with Crippen LogP contribution >= 0.6 is 0 Å². The normalized spacial score (nSPS) is 21.1. The number of nitrogens with zero attached hydrogens (tertiary/aromatic N) is 3. The predicted molar refractivity (Wildman–Crippen MR) is 106 cm³/mol. The summed E-state index contributed by atoms with van der Waals surface area (Å²) in [6, 6.07) is 17.5. The zero-order valence-corrected chi connectivity index (χ0v) is 15.5. The van der Waals surface area contributed by atoms with E-state index in [2.05, 4.69) is 17.0 Å². The average Bonchev–Trinajstić information content (AvgIpc) is 3.23. The first kappa shape index (κ1) is 17.0. The molecule has 3 aromatic rings. The smallest absolute Gasteiger partial charge is 0.250 e. The van der Waals surface area contributed by atoms with Crippen molar-refractivity contribution in [1.82, 2.24) is 9.47 Å². The summed E-state index contributed by atoms with van der Waals surface area (Å²) >= 11 is 0. The van der Waals surface area contributed by atoms with E-state index in [0.29, 0.717) is 17.4 Å². The molecule has 0 radical (unpaired) electrons. The van der Waals surface area contributed by atoms with Gasteiger partial charge in [0.2, 0.25) is 0 Å². The number of fused-ring (bicyclic) bond motifs is 4. The lowest BCUT2D eigenvalue weighted by Gasteiger charge is -2.43. The molecule has 0 amide bonds. The van der Waals surface area contributed by atoms with Gasteiger partial charge in [-0.15, -0.1) is 0 Å². The number of piperidine rings is 1. The SMILES string of the molecule is N#Cc1cccc(CN2C[C@@H]3C[C@H](C2)c2c(-c4ccco4)ccc(=O)n2C3)c1. The van der Waals surface area contributed by atoms with Gasteiger partial charge in [-0.1, -0.05) is 12.1 Å². The fourth-order valence-corrected chi connectivity index (χ4v) is 4.88. The van der Waals surface area contributed by atoms with Gasteiger partial charge in [-0.25, -0.2) is 0 Å². The highest BCUT2D eigenvalue weighted by Gasteiger charge is 2.36. The molecule has 28 heavy (non-hydrogen) atoms. The molecule has 0 saturated carbocycles. The van der Waals surface area contributed by atoms with Crippen LogP contribution in [0.2, 0.25) is 0 Å². The van der Waals surface area contributed by atoms with Crippen LogP contribution in [0.3, 0.4) is 0 Å². The maximum absolute atomic E-state index is 12.5. The number of nitriles is 1. The molecular formula is C23H21N3O2. The van der Waals surface area contributed by atoms with Crippen molar-refractivity contribution in [3.05, 3.63) is 82.0 Å². The summed E-state index contributed by atoms with van der Waals surface area (Å²) in [6.07, 6.45) is 2.78. The summed E-state index contributed by atoms with van der Waals surface area (Å²) in [6.45, 7) is 3.47. The van der Waals surface area contributed by atoms with E-state index >= 15 is 0 Å². The van der Waals surface area contributed by atoms with Crippen LogP contribution in [-0.2, 0) is 13.1 Å². The Bertz CT molecular complexity index is 1110. The van der Waals surface area contributed by atoms with Gasteiger partial charge >= 0.3 is 0 Å². The van der Waals surface area contributed by atoms with Crippen LogP contribution in [0.15, 0.2) is 64.0 Å². The molecule has 5 nitrogen and oxygen atoms in total. The number of likely N-dealkylation sites (tertiary alicyclic amines) is 1. The molecule has 140 valence electrons. The van der Waals surface area contributed by atoms with Gasteiger partial charge in [-0.3, -0.25) is 9.69 Å². The lowest BCUT2D eigenvalue weighted by molar-refractivity contribution is 0.114. The zero-order valence-electron chi connectivity index (χ0n) is 15.5. The molecule has 2 aliphatic heterocycles. The molecule has 5 rings (SSSR count). The second kappa shape index (κ2) is 6.81. The van der Waals surface area contributed by atoms with Crippen molar-refractivity contribution in [2.45, 2.75) is 25.4 Å². The lowest BCUT2D eigenvalue weighted by Crippen LogP contribution is -2.47. The molecule has 2 aromatic heterocycles. The molecule has 4 heterocycles. The van der Waals surface area contributed by atoms with Crippen molar-refractivity contribution in [2.75, 3.05) is 13.1 Å². The van der Waals surface area contributed by atoms with E-state index in [-0.39, 0.29) is 5.56 Å². The van der Waals surface area contributed by atoms with E-state index in [9.17, 15) is 4.79 Å². The Balaban J connectivity index is 1.48. The van der Waals surface area contributed by atoms with Crippen LogP contribution in [0, 0.1) is 17.2 Å². The Morgan fingerprint density at radius 2 is 2.04 bits per heavy atom. The van der Waals surface area contributed by atoms with Crippen LogP contribution in [0.25, 0.3) is 11.3 Å². The van der Waals surface area contributed by atoms with Crippen LogP contribution < -0.4 is 5.56 Å². The van der Waals surface area contributed by atoms with Crippen LogP contribution in [0.1, 0.15) is 29.2 Å². The maximum atomic E-state index is 12.5. The first-order valence-corrected chi connectivity index (χ1v) is 9.70. The van der Waals surface area contributed by atoms with Gasteiger partial charge in [-0.05, 0) is 48.2 Å². The van der Waals surface area contributed by atoms with Gasteiger partial charge in [-0.2, -0.15) is 5.26 Å². The van der Waals surface area contributed by atoms with E-state index in [1.165, 1.54) is 0 Å². The van der Waals surface area contributed by atoms with E-state index in [0.717, 1.165) is 55.2 Å². The molecule has 0 N–H and O–H groups in total. The minimum absolute atomic E-state index is 0.0789. The number of hydrogen-bond donors (Lipinski definition) is 0. The van der Waals surface area contributed by atoms with Crippen LogP contribution in [0.4, 0.5) is 0 Å². The van der Waals surface area contributed by atoms with E-state index < -0.39 is 0 Å². The number of rotatable bonds is 3. The number of aromatic nitrogens is 1. The Labute approximate surface area is 163 Å². The Morgan fingerprint density at radius 1 is 1.11 bits per heavy atom. The maximum Gasteiger partial charge on any atom is 0.250 e. The first-order chi connectivity index (χ1) is 13.7. The minimum Gasteiger partial charge on any atom is -0.464 e. The molecule has 0 spiro atoms. The zero-order chi connectivity index (χ0) is 19.1. The largest absolute Gasteiger partial charge is 0.464 e. The fourth-order valence-electron chi connectivity index (χ4n) is 4.88. The third-order valence-electron chi connectivity index (χ3n) is 5.91. The Hall–Kier alpha value is -3.10. The molecular weight excluding hydrogens is 350 g/mol. The molecule has 1 saturated heterocycles. The molecule has 0 aliphatic carbocycles. The highest BCUT2D eigenvalue weighted by Crippen LogP contribution is 2.40. The monoisotopic (exact) mass is 371 g/mol. The van der Waals surface area contributed by atoms with Crippen molar-refractivity contribution in [3.8, 4) is 17.4 Å². The Kier molecular flexibility index (Phi) is 4.14. The van der Waals surface area contributed by atoms with E-state index in [4.69, 9.17) is 9.68 Å². The molecule has 2 bridgehead atoms. The summed E-state index contributed by atoms with van der Waals surface area (Å²) in [5.74, 6) is 1.59. The van der Waals surface area contributed by atoms with Crippen LogP contribution in [0.5, 0.6) is 0 Å². The predicted octanol–water partition coefficient (Wildman–Crippen LogP) is 3.60. The van der Waals surface area contributed by atoms with Crippen molar-refractivity contribution < 1.29 is 4.42 Å². The summed E-state index contributed by atoms with van der Waals surface area (Å²) in [7, 11) is 0. The summed E-state index contributed by atoms with van der Waals surface area (Å²) in [5, 5.41) is 9.15. The molecule has 2 atom stereocenters. The third kappa shape index (κ3) is 2.96. The number of benzene rings is 1. The van der Waals surface area contributed by atoms with Crippen LogP contribution in [-0.4, -0.2) is 22.6 Å². The molecule has 1 aromatic carbocycles. The summed E-state index contributed by atoms with van der Waals surface area (Å²) < 4.78 is 7.61. The average molecular weight is 371 g/mol. The van der Waals surface area contributed by atoms with Gasteiger partial charge in [0, 0.05) is 49.4 Å². The van der Waals surface area contributed by atoms with Crippen molar-refractivity contribution >= 4 is 0 Å². The highest BCUT2D eigenvalue weighted by molar-refractivity contribution is 5.61. The van der Waals surface area contributed by atoms with Crippen molar-refractivity contribution in [3.63, 3.8) is 0 Å². The van der Waals surface area contributed by atoms with Gasteiger partial charge in [0.15, 0.2) is 0 Å². The standard InChI is InChI=1S/C23H21N3O2/c24-11-16-3-1-4-17(9-16)12-25-13-18-10-19(15-25)23-20(21-5-2-8-28-21)6-7-22(27)26(23)14-18/h1-9,18-19H,10,12-15H2/t18-,19+/m0/s1. The Morgan fingerprint density at radius 3 is 2.86 bits per heavy atom. The van der Waals surface area contributed by atoms with E-state index in [1.807, 2.05) is 41.0 Å². The molecule has 2 aliphatic rings. The van der Waals surface area contributed by atoms with Crippen molar-refractivity contribution in [1.29, 1.82) is 5.26 Å². The first-order valence-electron chi connectivity index (χ1n) is 9.70. The van der Waals surface area contributed by atoms with Crippen molar-refractivity contribution in [2.24, 2.45) is 5.92 Å². The topological polar surface area (TPSA) is 62.2 Å². The number of furan rings is 1. The lowest BCUT2D eigenvalue weighted by atomic mass is 9.81. The molecule has 1 fully saturated rings.